The van der Waals surface area contributed by atoms with E-state index in [-0.39, 0.29) is 0 Å². The first-order valence-corrected chi connectivity index (χ1v) is 12.1. The minimum absolute atomic E-state index is 0.300. The summed E-state index contributed by atoms with van der Waals surface area (Å²) in [6.45, 7) is 4.20. The van der Waals surface area contributed by atoms with E-state index in [0.29, 0.717) is 25.1 Å². The van der Waals surface area contributed by atoms with E-state index < -0.39 is 6.10 Å². The first-order valence-electron chi connectivity index (χ1n) is 10.9. The molecule has 4 aromatic rings. The normalized spacial score (nSPS) is 21.0. The van der Waals surface area contributed by atoms with Gasteiger partial charge in [0.15, 0.2) is 0 Å². The van der Waals surface area contributed by atoms with Gasteiger partial charge in [0.25, 0.3) is 0 Å². The van der Waals surface area contributed by atoms with Gasteiger partial charge >= 0.3 is 0 Å². The Bertz CT molecular complexity index is 1190. The lowest BCUT2D eigenvalue weighted by Crippen LogP contribution is -2.45. The molecule has 3 heterocycles. The molecule has 0 unspecified atom stereocenters. The van der Waals surface area contributed by atoms with Gasteiger partial charge in [0.1, 0.15) is 18.5 Å². The summed E-state index contributed by atoms with van der Waals surface area (Å²) in [5.41, 5.74) is 1.05. The fourth-order valence-corrected chi connectivity index (χ4v) is 6.05. The number of hydrogen-bond donors (Lipinski definition) is 2. The number of hydrogen-bond acceptors (Lipinski definition) is 4. The summed E-state index contributed by atoms with van der Waals surface area (Å²) in [6.07, 6.45) is 3.61. The number of halogens is 1. The molecule has 3 atom stereocenters. The number of nitrogens with one attached hydrogen (secondary N) is 1. The summed E-state index contributed by atoms with van der Waals surface area (Å²) >= 11 is 8.04. The minimum atomic E-state index is -0.514. The summed E-state index contributed by atoms with van der Waals surface area (Å²) in [5.74, 6) is 1.39. The van der Waals surface area contributed by atoms with Gasteiger partial charge in [-0.15, -0.1) is 11.3 Å². The summed E-state index contributed by atoms with van der Waals surface area (Å²) in [4.78, 5) is 7.04. The zero-order valence-corrected chi connectivity index (χ0v) is 19.1. The van der Waals surface area contributed by atoms with Crippen LogP contribution >= 0.6 is 22.9 Å². The van der Waals surface area contributed by atoms with Crippen molar-refractivity contribution in [2.75, 3.05) is 19.7 Å². The predicted octanol–water partition coefficient (Wildman–Crippen LogP) is 6.04. The molecule has 0 aliphatic carbocycles. The molecule has 1 aliphatic heterocycles. The molecule has 2 aromatic carbocycles. The van der Waals surface area contributed by atoms with Crippen molar-refractivity contribution in [2.24, 2.45) is 0 Å². The van der Waals surface area contributed by atoms with Crippen LogP contribution < -0.4 is 4.74 Å². The van der Waals surface area contributed by atoms with Gasteiger partial charge in [-0.25, -0.2) is 0 Å². The van der Waals surface area contributed by atoms with E-state index in [1.807, 2.05) is 47.9 Å². The highest BCUT2D eigenvalue weighted by Gasteiger charge is 2.28. The van der Waals surface area contributed by atoms with E-state index in [4.69, 9.17) is 16.3 Å². The lowest BCUT2D eigenvalue weighted by atomic mass is 9.90. The first kappa shape index (κ1) is 20.8. The Kier molecular flexibility index (Phi) is 5.93. The molecule has 31 heavy (non-hydrogen) atoms. The van der Waals surface area contributed by atoms with Crippen LogP contribution in [0.4, 0.5) is 0 Å². The molecular formula is C25H27ClN2O2S. The number of aliphatic hydroxyl groups is 1. The molecule has 2 aromatic heterocycles. The van der Waals surface area contributed by atoms with E-state index in [1.165, 1.54) is 15.0 Å². The molecule has 0 amide bonds. The topological polar surface area (TPSA) is 48.5 Å². The molecule has 4 nitrogen and oxygen atoms in total. The molecule has 5 rings (SSSR count). The summed E-state index contributed by atoms with van der Waals surface area (Å²) in [5, 5.41) is 13.7. The zero-order valence-electron chi connectivity index (χ0n) is 17.6. The minimum Gasteiger partial charge on any atom is -0.490 e. The van der Waals surface area contributed by atoms with Gasteiger partial charge in [0.05, 0.1) is 0 Å². The largest absolute Gasteiger partial charge is 0.490 e. The van der Waals surface area contributed by atoms with Gasteiger partial charge in [0.2, 0.25) is 0 Å². The molecule has 1 aliphatic rings. The zero-order chi connectivity index (χ0) is 21.4. The van der Waals surface area contributed by atoms with Gasteiger partial charge in [-0.3, -0.25) is 4.90 Å². The van der Waals surface area contributed by atoms with Crippen LogP contribution in [0.15, 0.2) is 54.7 Å². The molecular weight excluding hydrogens is 428 g/mol. The third kappa shape index (κ3) is 4.46. The van der Waals surface area contributed by atoms with Crippen molar-refractivity contribution in [3.05, 3.63) is 64.6 Å². The van der Waals surface area contributed by atoms with E-state index >= 15 is 0 Å². The molecule has 6 heteroatoms. The van der Waals surface area contributed by atoms with Crippen LogP contribution in [-0.4, -0.2) is 46.8 Å². The smallest absolute Gasteiger partial charge is 0.128 e. The van der Waals surface area contributed by atoms with E-state index in [1.54, 1.807) is 0 Å². The predicted molar refractivity (Wildman–Crippen MR) is 130 cm³/mol. The summed E-state index contributed by atoms with van der Waals surface area (Å²) < 4.78 is 7.25. The number of ether oxygens (including phenoxy) is 1. The SMILES string of the molecule is C[C@@H]1C[C@@H](c2cc3cc(Cl)ccc3s2)CCN1C[C@H](O)COc1cccc2[nH]ccc12. The Morgan fingerprint density at radius 1 is 1.26 bits per heavy atom. The quantitative estimate of drug-likeness (QED) is 0.373. The highest BCUT2D eigenvalue weighted by molar-refractivity contribution is 7.19. The number of benzene rings is 2. The van der Waals surface area contributed by atoms with E-state index in [2.05, 4.69) is 35.0 Å². The number of aliphatic hydroxyl groups excluding tert-OH is 1. The third-order valence-corrected chi connectivity index (χ3v) is 7.86. The maximum absolute atomic E-state index is 10.6. The molecule has 0 spiro atoms. The van der Waals surface area contributed by atoms with Gasteiger partial charge in [0, 0.05) is 44.3 Å². The van der Waals surface area contributed by atoms with Crippen LogP contribution in [0.2, 0.25) is 5.02 Å². The second-order valence-corrected chi connectivity index (χ2v) is 10.1. The van der Waals surface area contributed by atoms with Crippen molar-refractivity contribution in [3.63, 3.8) is 0 Å². The monoisotopic (exact) mass is 454 g/mol. The van der Waals surface area contributed by atoms with Gasteiger partial charge in [-0.2, -0.15) is 0 Å². The van der Waals surface area contributed by atoms with Gasteiger partial charge in [-0.05, 0) is 80.1 Å². The van der Waals surface area contributed by atoms with Crippen LogP contribution in [0.1, 0.15) is 30.6 Å². The van der Waals surface area contributed by atoms with Crippen molar-refractivity contribution in [1.82, 2.24) is 9.88 Å². The highest BCUT2D eigenvalue weighted by Crippen LogP contribution is 2.38. The molecule has 0 bridgehead atoms. The second-order valence-electron chi connectivity index (χ2n) is 8.56. The van der Waals surface area contributed by atoms with Crippen LogP contribution in [0.25, 0.3) is 21.0 Å². The van der Waals surface area contributed by atoms with Crippen LogP contribution in [0, 0.1) is 0 Å². The second kappa shape index (κ2) is 8.83. The molecule has 2 N–H and O–H groups in total. The van der Waals surface area contributed by atoms with Crippen molar-refractivity contribution < 1.29 is 9.84 Å². The third-order valence-electron chi connectivity index (χ3n) is 6.34. The average Bonchev–Trinajstić information content (AvgIpc) is 3.40. The fourth-order valence-electron chi connectivity index (χ4n) is 4.68. The number of rotatable bonds is 6. The number of nitrogens with zero attached hydrogens (tertiary/aromatic N) is 1. The standard InChI is InChI=1S/C25H27ClN2O2S/c1-16-11-17(25-13-18-12-19(26)5-6-24(18)31-25)8-10-28(16)14-20(29)15-30-23-4-2-3-22-21(23)7-9-27-22/h2-7,9,12-13,16-17,20,27,29H,8,10-11,14-15H2,1H3/t16-,17+,20+/m1/s1. The van der Waals surface area contributed by atoms with Gasteiger partial charge < -0.3 is 14.8 Å². The molecule has 0 radical (unpaired) electrons. The number of piperidine rings is 1. The van der Waals surface area contributed by atoms with E-state index in [0.717, 1.165) is 41.1 Å². The van der Waals surface area contributed by atoms with Crippen molar-refractivity contribution in [3.8, 4) is 5.75 Å². The number of aromatic amines is 1. The van der Waals surface area contributed by atoms with E-state index in [9.17, 15) is 5.11 Å². The maximum atomic E-state index is 10.6. The Balaban J connectivity index is 1.17. The number of fused-ring (bicyclic) bond motifs is 2. The first-order chi connectivity index (χ1) is 15.1. The van der Waals surface area contributed by atoms with Crippen molar-refractivity contribution in [1.29, 1.82) is 0 Å². The molecule has 0 saturated carbocycles. The van der Waals surface area contributed by atoms with Crippen LogP contribution in [0.5, 0.6) is 5.75 Å². The number of β-amino-alcohol motifs (C(OH)–C–C–N with tert-alkyl or cyclic N) is 1. The average molecular weight is 455 g/mol. The Morgan fingerprint density at radius 3 is 3.03 bits per heavy atom. The van der Waals surface area contributed by atoms with Crippen molar-refractivity contribution in [2.45, 2.75) is 37.8 Å². The van der Waals surface area contributed by atoms with Crippen LogP contribution in [0.3, 0.4) is 0 Å². The molecule has 162 valence electrons. The van der Waals surface area contributed by atoms with Gasteiger partial charge in [-0.1, -0.05) is 17.7 Å². The number of aromatic nitrogens is 1. The molecule has 1 fully saturated rings. The lowest BCUT2D eigenvalue weighted by Gasteiger charge is -2.38. The Morgan fingerprint density at radius 2 is 2.16 bits per heavy atom. The maximum Gasteiger partial charge on any atom is 0.128 e. The van der Waals surface area contributed by atoms with Crippen LogP contribution in [-0.2, 0) is 0 Å². The lowest BCUT2D eigenvalue weighted by molar-refractivity contribution is 0.0408. The summed E-state index contributed by atoms with van der Waals surface area (Å²) in [6, 6.07) is 16.8. The van der Waals surface area contributed by atoms with Crippen molar-refractivity contribution >= 4 is 43.9 Å². The highest BCUT2D eigenvalue weighted by atomic mass is 35.5. The summed E-state index contributed by atoms with van der Waals surface area (Å²) in [7, 11) is 0. The number of H-pyrrole nitrogens is 1. The number of likely N-dealkylation sites (tertiary alicyclic amines) is 1. The fraction of sp³-hybridized carbons (Fsp3) is 0.360. The Labute approximate surface area is 191 Å². The Hall–Kier alpha value is -2.05. The number of thiophene rings is 1. The molecule has 1 saturated heterocycles.